The lowest BCUT2D eigenvalue weighted by molar-refractivity contribution is -0.121. The fourth-order valence-corrected chi connectivity index (χ4v) is 3.70. The fraction of sp³-hybridized carbons (Fsp3) is 0.941. The van der Waals surface area contributed by atoms with Crippen LogP contribution in [0.4, 0.5) is 0 Å². The average Bonchev–Trinajstić information content (AvgIpc) is 2.49. The zero-order chi connectivity index (χ0) is 14.0. The van der Waals surface area contributed by atoms with Gasteiger partial charge in [-0.25, -0.2) is 0 Å². The first kappa shape index (κ1) is 18.8. The third kappa shape index (κ3) is 8.06. The van der Waals surface area contributed by atoms with Crippen LogP contribution in [0.1, 0.15) is 70.6 Å². The van der Waals surface area contributed by atoms with Crippen LogP contribution in [0.5, 0.6) is 0 Å². The van der Waals surface area contributed by atoms with Gasteiger partial charge >= 0.3 is 0 Å². The summed E-state index contributed by atoms with van der Waals surface area (Å²) in [5, 5.41) is 6.53. The van der Waals surface area contributed by atoms with Gasteiger partial charge in [-0.2, -0.15) is 0 Å². The molecule has 1 aliphatic carbocycles. The molecule has 0 aromatic carbocycles. The highest BCUT2D eigenvalue weighted by Crippen LogP contribution is 2.27. The van der Waals surface area contributed by atoms with E-state index in [0.717, 1.165) is 44.2 Å². The second kappa shape index (κ2) is 11.3. The minimum atomic E-state index is 0. The molecule has 0 aromatic rings. The largest absolute Gasteiger partial charge is 0.356 e. The Morgan fingerprint density at radius 1 is 1.00 bits per heavy atom. The first-order valence-electron chi connectivity index (χ1n) is 8.82. The quantitative estimate of drug-likeness (QED) is 0.752. The van der Waals surface area contributed by atoms with Crippen LogP contribution in [0.2, 0.25) is 0 Å². The Morgan fingerprint density at radius 2 is 1.76 bits per heavy atom. The Balaban J connectivity index is 0.00000220. The van der Waals surface area contributed by atoms with E-state index in [9.17, 15) is 4.79 Å². The van der Waals surface area contributed by atoms with Crippen LogP contribution in [0, 0.1) is 11.8 Å². The summed E-state index contributed by atoms with van der Waals surface area (Å²) >= 11 is 0. The van der Waals surface area contributed by atoms with Crippen LogP contribution in [0.25, 0.3) is 0 Å². The molecule has 1 amide bonds. The summed E-state index contributed by atoms with van der Waals surface area (Å²) in [5.74, 6) is 1.95. The SMILES string of the molecule is Cl.O=C(CCCC1CCCCC1)NCCC1CCCNC1. The van der Waals surface area contributed by atoms with Crippen molar-refractivity contribution in [2.45, 2.75) is 70.6 Å². The lowest BCUT2D eigenvalue weighted by Gasteiger charge is -2.22. The van der Waals surface area contributed by atoms with Crippen molar-refractivity contribution in [3.8, 4) is 0 Å². The van der Waals surface area contributed by atoms with Gasteiger partial charge < -0.3 is 10.6 Å². The zero-order valence-electron chi connectivity index (χ0n) is 13.4. The number of nitrogens with one attached hydrogen (secondary N) is 2. The van der Waals surface area contributed by atoms with Gasteiger partial charge in [-0.3, -0.25) is 4.79 Å². The molecule has 0 aromatic heterocycles. The van der Waals surface area contributed by atoms with E-state index in [4.69, 9.17) is 0 Å². The molecular formula is C17H33ClN2O. The van der Waals surface area contributed by atoms with E-state index >= 15 is 0 Å². The van der Waals surface area contributed by atoms with E-state index in [0.29, 0.717) is 0 Å². The Morgan fingerprint density at radius 3 is 2.48 bits per heavy atom. The Hall–Kier alpha value is -0.280. The molecule has 1 aliphatic heterocycles. The maximum Gasteiger partial charge on any atom is 0.219 e. The molecule has 21 heavy (non-hydrogen) atoms. The molecule has 1 atom stereocenters. The molecule has 2 fully saturated rings. The van der Waals surface area contributed by atoms with Gasteiger partial charge in [-0.15, -0.1) is 12.4 Å². The summed E-state index contributed by atoms with van der Waals surface area (Å²) in [6.45, 7) is 3.18. The molecule has 0 radical (unpaired) electrons. The minimum absolute atomic E-state index is 0. The summed E-state index contributed by atoms with van der Waals surface area (Å²) in [7, 11) is 0. The van der Waals surface area contributed by atoms with Gasteiger partial charge in [0.05, 0.1) is 0 Å². The van der Waals surface area contributed by atoms with Crippen LogP contribution in [0.3, 0.4) is 0 Å². The van der Waals surface area contributed by atoms with Crippen molar-refractivity contribution in [2.24, 2.45) is 11.8 Å². The zero-order valence-corrected chi connectivity index (χ0v) is 14.2. The average molecular weight is 317 g/mol. The number of halogens is 1. The van der Waals surface area contributed by atoms with Gasteiger partial charge in [0.15, 0.2) is 0 Å². The molecule has 1 heterocycles. The topological polar surface area (TPSA) is 41.1 Å². The van der Waals surface area contributed by atoms with E-state index in [1.54, 1.807) is 0 Å². The molecule has 1 saturated heterocycles. The summed E-state index contributed by atoms with van der Waals surface area (Å²) in [6, 6.07) is 0. The highest BCUT2D eigenvalue weighted by molar-refractivity contribution is 5.85. The van der Waals surface area contributed by atoms with Crippen molar-refractivity contribution in [3.63, 3.8) is 0 Å². The molecular weight excluding hydrogens is 284 g/mol. The lowest BCUT2D eigenvalue weighted by atomic mass is 9.86. The first-order valence-corrected chi connectivity index (χ1v) is 8.82. The number of rotatable bonds is 7. The molecule has 2 aliphatic rings. The maximum absolute atomic E-state index is 11.8. The minimum Gasteiger partial charge on any atom is -0.356 e. The molecule has 2 rings (SSSR count). The number of hydrogen-bond acceptors (Lipinski definition) is 2. The van der Waals surface area contributed by atoms with Crippen molar-refractivity contribution < 1.29 is 4.79 Å². The number of piperidine rings is 1. The number of hydrogen-bond donors (Lipinski definition) is 2. The van der Waals surface area contributed by atoms with Gasteiger partial charge in [0, 0.05) is 13.0 Å². The van der Waals surface area contributed by atoms with Crippen molar-refractivity contribution >= 4 is 18.3 Å². The molecule has 2 N–H and O–H groups in total. The molecule has 1 unspecified atom stereocenters. The van der Waals surface area contributed by atoms with Gasteiger partial charge in [0.1, 0.15) is 0 Å². The molecule has 1 saturated carbocycles. The number of carbonyl (C=O) groups excluding carboxylic acids is 1. The highest BCUT2D eigenvalue weighted by atomic mass is 35.5. The van der Waals surface area contributed by atoms with Crippen molar-refractivity contribution in [2.75, 3.05) is 19.6 Å². The highest BCUT2D eigenvalue weighted by Gasteiger charge is 2.14. The van der Waals surface area contributed by atoms with Crippen LogP contribution in [-0.2, 0) is 4.79 Å². The predicted molar refractivity (Wildman–Crippen MR) is 90.9 cm³/mol. The van der Waals surface area contributed by atoms with Gasteiger partial charge in [-0.1, -0.05) is 32.1 Å². The predicted octanol–water partition coefficient (Wildman–Crippen LogP) is 3.66. The van der Waals surface area contributed by atoms with Crippen LogP contribution in [0.15, 0.2) is 0 Å². The summed E-state index contributed by atoms with van der Waals surface area (Å²) < 4.78 is 0. The van der Waals surface area contributed by atoms with E-state index in [-0.39, 0.29) is 18.3 Å². The molecule has 0 bridgehead atoms. The van der Waals surface area contributed by atoms with E-state index in [2.05, 4.69) is 10.6 Å². The first-order chi connectivity index (χ1) is 9.84. The molecule has 3 nitrogen and oxygen atoms in total. The second-order valence-corrected chi connectivity index (χ2v) is 6.75. The second-order valence-electron chi connectivity index (χ2n) is 6.75. The van der Waals surface area contributed by atoms with Gasteiger partial charge in [-0.05, 0) is 57.0 Å². The van der Waals surface area contributed by atoms with E-state index in [1.807, 2.05) is 0 Å². The Labute approximate surface area is 136 Å². The van der Waals surface area contributed by atoms with Crippen molar-refractivity contribution in [1.82, 2.24) is 10.6 Å². The van der Waals surface area contributed by atoms with Crippen LogP contribution in [-0.4, -0.2) is 25.5 Å². The van der Waals surface area contributed by atoms with E-state index in [1.165, 1.54) is 57.9 Å². The third-order valence-corrected chi connectivity index (χ3v) is 5.01. The van der Waals surface area contributed by atoms with Crippen molar-refractivity contribution in [1.29, 1.82) is 0 Å². The number of carbonyl (C=O) groups is 1. The van der Waals surface area contributed by atoms with Crippen molar-refractivity contribution in [3.05, 3.63) is 0 Å². The monoisotopic (exact) mass is 316 g/mol. The third-order valence-electron chi connectivity index (χ3n) is 5.01. The standard InChI is InChI=1S/C17H32N2O.ClH/c20-17(10-4-8-15-6-2-1-3-7-15)19-13-11-16-9-5-12-18-14-16;/h15-16,18H,1-14H2,(H,19,20);1H. The number of amides is 1. The summed E-state index contributed by atoms with van der Waals surface area (Å²) in [6.07, 6.45) is 13.9. The van der Waals surface area contributed by atoms with Crippen LogP contribution < -0.4 is 10.6 Å². The lowest BCUT2D eigenvalue weighted by Crippen LogP contribution is -2.33. The maximum atomic E-state index is 11.8. The van der Waals surface area contributed by atoms with E-state index < -0.39 is 0 Å². The smallest absolute Gasteiger partial charge is 0.219 e. The Kier molecular flexibility index (Phi) is 10.1. The van der Waals surface area contributed by atoms with Crippen LogP contribution >= 0.6 is 12.4 Å². The normalized spacial score (nSPS) is 23.3. The Bertz CT molecular complexity index is 248. The van der Waals surface area contributed by atoms with Gasteiger partial charge in [0.2, 0.25) is 5.91 Å². The molecule has 0 spiro atoms. The van der Waals surface area contributed by atoms with Gasteiger partial charge in [0.25, 0.3) is 0 Å². The molecule has 4 heteroatoms. The molecule has 124 valence electrons. The summed E-state index contributed by atoms with van der Waals surface area (Å²) in [4.78, 5) is 11.8. The summed E-state index contributed by atoms with van der Waals surface area (Å²) in [5.41, 5.74) is 0. The fourth-order valence-electron chi connectivity index (χ4n) is 3.70.